The maximum absolute atomic E-state index is 13.8. The number of Topliss-reactive ketones (excluding diaryl/α,β-unsaturated/α-hetero) is 2. The van der Waals surface area contributed by atoms with E-state index in [0.717, 1.165) is 39.6 Å². The minimum atomic E-state index is -1.21. The molecule has 11 heteroatoms. The molecule has 0 aromatic heterocycles. The fourth-order valence-electron chi connectivity index (χ4n) is 6.78. The molecule has 0 spiro atoms. The van der Waals surface area contributed by atoms with Crippen LogP contribution >= 0.6 is 0 Å². The standard InChI is InChI=1S/C37H35N3O8/c38-36(44)28(26-18-24-7-1-2-8-25(24)19-26)20-33(43)29(16-21-12-14-31(41)30(17-21)40(46)47)39-37(45)35-34(48-35)32(42)15-13-23-10-5-9-22-6-3-4-11-27(22)23/h1-12,14,17,26,28-29,34-35,41H,13,15-16,18-20H2,(H2,38,44)(H,39,45)/t28-,29-,34-,35+/m1/s1. The Hall–Kier alpha value is -5.42. The van der Waals surface area contributed by atoms with Gasteiger partial charge in [-0.05, 0) is 70.7 Å². The minimum absolute atomic E-state index is 0.158. The summed E-state index contributed by atoms with van der Waals surface area (Å²) in [5.41, 5.74) is 8.73. The van der Waals surface area contributed by atoms with Gasteiger partial charge in [0.25, 0.3) is 5.91 Å². The predicted octanol–water partition coefficient (Wildman–Crippen LogP) is 3.93. The van der Waals surface area contributed by atoms with Gasteiger partial charge in [0.1, 0.15) is 0 Å². The number of phenolic OH excluding ortho intramolecular Hbond substituents is 1. The van der Waals surface area contributed by atoms with Gasteiger partial charge in [0.2, 0.25) is 5.91 Å². The number of nitrogens with two attached hydrogens (primary N) is 1. The highest BCUT2D eigenvalue weighted by molar-refractivity contribution is 5.99. The number of carbonyl (C=O) groups is 4. The Morgan fingerprint density at radius 1 is 0.938 bits per heavy atom. The molecule has 1 heterocycles. The quantitative estimate of drug-likeness (QED) is 0.104. The number of nitro benzene ring substituents is 1. The van der Waals surface area contributed by atoms with Gasteiger partial charge in [0.15, 0.2) is 29.5 Å². The van der Waals surface area contributed by atoms with Crippen molar-refractivity contribution in [2.45, 2.75) is 56.8 Å². The first-order valence-corrected chi connectivity index (χ1v) is 15.9. The summed E-state index contributed by atoms with van der Waals surface area (Å²) in [5, 5.41) is 26.2. The lowest BCUT2D eigenvalue weighted by molar-refractivity contribution is -0.385. The van der Waals surface area contributed by atoms with Crippen molar-refractivity contribution in [1.82, 2.24) is 5.32 Å². The summed E-state index contributed by atoms with van der Waals surface area (Å²) in [6.07, 6.45) is -0.674. The summed E-state index contributed by atoms with van der Waals surface area (Å²) < 4.78 is 5.48. The molecule has 6 rings (SSSR count). The van der Waals surface area contributed by atoms with Gasteiger partial charge in [-0.1, -0.05) is 72.8 Å². The number of primary amides is 1. The van der Waals surface area contributed by atoms with Gasteiger partial charge in [0.05, 0.1) is 11.0 Å². The summed E-state index contributed by atoms with van der Waals surface area (Å²) in [6, 6.07) is 24.0. The molecule has 4 aromatic carbocycles. The molecule has 1 aliphatic heterocycles. The minimum Gasteiger partial charge on any atom is -0.502 e. The van der Waals surface area contributed by atoms with Crippen LogP contribution in [0, 0.1) is 22.0 Å². The number of hydrogen-bond acceptors (Lipinski definition) is 8. The van der Waals surface area contributed by atoms with Crippen LogP contribution in [0.2, 0.25) is 0 Å². The Bertz CT molecular complexity index is 1890. The summed E-state index contributed by atoms with van der Waals surface area (Å²) >= 11 is 0. The molecule has 4 aromatic rings. The third kappa shape index (κ3) is 7.11. The van der Waals surface area contributed by atoms with Crippen LogP contribution in [0.3, 0.4) is 0 Å². The highest BCUT2D eigenvalue weighted by Gasteiger charge is 2.50. The number of aryl methyl sites for hydroxylation is 1. The van der Waals surface area contributed by atoms with E-state index in [9.17, 15) is 34.4 Å². The van der Waals surface area contributed by atoms with E-state index in [1.165, 1.54) is 6.07 Å². The molecular formula is C37H35N3O8. The first kappa shape index (κ1) is 32.5. The normalized spacial score (nSPS) is 18.1. The molecule has 0 radical (unpaired) electrons. The number of epoxide rings is 1. The van der Waals surface area contributed by atoms with Crippen LogP contribution in [0.4, 0.5) is 5.69 Å². The number of amides is 2. The molecule has 0 saturated carbocycles. The molecule has 1 aliphatic carbocycles. The highest BCUT2D eigenvalue weighted by Crippen LogP contribution is 2.34. The number of nitro groups is 1. The van der Waals surface area contributed by atoms with E-state index in [-0.39, 0.29) is 31.0 Å². The van der Waals surface area contributed by atoms with Crippen molar-refractivity contribution in [3.63, 3.8) is 0 Å². The van der Waals surface area contributed by atoms with E-state index in [2.05, 4.69) is 5.32 Å². The lowest BCUT2D eigenvalue weighted by atomic mass is 9.83. The first-order chi connectivity index (χ1) is 23.1. The average molecular weight is 650 g/mol. The number of ketones is 2. The Labute approximate surface area is 276 Å². The van der Waals surface area contributed by atoms with Crippen LogP contribution in [0.5, 0.6) is 5.75 Å². The fourth-order valence-corrected chi connectivity index (χ4v) is 6.78. The van der Waals surface area contributed by atoms with E-state index in [1.54, 1.807) is 0 Å². The van der Waals surface area contributed by atoms with Crippen molar-refractivity contribution in [3.8, 4) is 5.75 Å². The number of hydrogen-bond donors (Lipinski definition) is 3. The number of nitrogens with one attached hydrogen (secondary N) is 1. The second-order valence-corrected chi connectivity index (χ2v) is 12.5. The maximum Gasteiger partial charge on any atom is 0.310 e. The summed E-state index contributed by atoms with van der Waals surface area (Å²) in [4.78, 5) is 63.5. The molecule has 48 heavy (non-hydrogen) atoms. The zero-order valence-electron chi connectivity index (χ0n) is 26.0. The monoisotopic (exact) mass is 649 g/mol. The molecule has 11 nitrogen and oxygen atoms in total. The Morgan fingerprint density at radius 2 is 1.62 bits per heavy atom. The lowest BCUT2D eigenvalue weighted by Gasteiger charge is -2.23. The number of rotatable bonds is 14. The van der Waals surface area contributed by atoms with Crippen molar-refractivity contribution in [2.75, 3.05) is 0 Å². The highest BCUT2D eigenvalue weighted by atomic mass is 16.6. The SMILES string of the molecule is NC(=O)[C@H](CC(=O)[C@@H](Cc1ccc(O)c([N+](=O)[O-])c1)NC(=O)[C@H]1O[C@@H]1C(=O)CCc1cccc2ccccc12)C1Cc2ccccc2C1. The van der Waals surface area contributed by atoms with Gasteiger partial charge in [-0.3, -0.25) is 29.3 Å². The molecule has 1 saturated heterocycles. The van der Waals surface area contributed by atoms with Crippen LogP contribution in [0.15, 0.2) is 84.9 Å². The molecule has 0 bridgehead atoms. The van der Waals surface area contributed by atoms with Crippen LogP contribution in [-0.2, 0) is 49.6 Å². The third-order valence-electron chi connectivity index (χ3n) is 9.41. The van der Waals surface area contributed by atoms with E-state index < -0.39 is 58.1 Å². The van der Waals surface area contributed by atoms with E-state index in [1.807, 2.05) is 66.7 Å². The Morgan fingerprint density at radius 3 is 2.33 bits per heavy atom. The number of phenols is 1. The topological polar surface area (TPSA) is 182 Å². The van der Waals surface area contributed by atoms with Gasteiger partial charge < -0.3 is 20.9 Å². The van der Waals surface area contributed by atoms with E-state index >= 15 is 0 Å². The number of ether oxygens (including phenoxy) is 1. The van der Waals surface area contributed by atoms with Crippen LogP contribution < -0.4 is 11.1 Å². The summed E-state index contributed by atoms with van der Waals surface area (Å²) in [7, 11) is 0. The molecular weight excluding hydrogens is 614 g/mol. The van der Waals surface area contributed by atoms with Gasteiger partial charge in [-0.2, -0.15) is 0 Å². The van der Waals surface area contributed by atoms with Crippen molar-refractivity contribution in [2.24, 2.45) is 17.6 Å². The van der Waals surface area contributed by atoms with Crippen LogP contribution in [0.1, 0.15) is 35.1 Å². The van der Waals surface area contributed by atoms with Crippen molar-refractivity contribution in [1.29, 1.82) is 0 Å². The molecule has 2 aliphatic rings. The van der Waals surface area contributed by atoms with Gasteiger partial charge in [-0.15, -0.1) is 0 Å². The largest absolute Gasteiger partial charge is 0.502 e. The second kappa shape index (κ2) is 13.7. The third-order valence-corrected chi connectivity index (χ3v) is 9.41. The number of benzene rings is 4. The molecule has 1 fully saturated rings. The maximum atomic E-state index is 13.8. The number of carbonyl (C=O) groups excluding carboxylic acids is 4. The Kier molecular flexibility index (Phi) is 9.31. The lowest BCUT2D eigenvalue weighted by Crippen LogP contribution is -2.46. The van der Waals surface area contributed by atoms with E-state index in [0.29, 0.717) is 24.8 Å². The van der Waals surface area contributed by atoms with Crippen molar-refractivity contribution >= 4 is 39.8 Å². The molecule has 4 N–H and O–H groups in total. The molecule has 4 atom stereocenters. The Balaban J connectivity index is 1.14. The van der Waals surface area contributed by atoms with E-state index in [4.69, 9.17) is 10.5 Å². The van der Waals surface area contributed by atoms with Crippen LogP contribution in [0.25, 0.3) is 10.8 Å². The molecule has 2 amide bonds. The van der Waals surface area contributed by atoms with Gasteiger partial charge in [0, 0.05) is 24.8 Å². The first-order valence-electron chi connectivity index (χ1n) is 15.9. The predicted molar refractivity (Wildman–Crippen MR) is 176 cm³/mol. The molecule has 0 unspecified atom stereocenters. The molecule has 246 valence electrons. The van der Waals surface area contributed by atoms with Gasteiger partial charge in [-0.25, -0.2) is 0 Å². The second-order valence-electron chi connectivity index (χ2n) is 12.5. The summed E-state index contributed by atoms with van der Waals surface area (Å²) in [6.45, 7) is 0. The zero-order valence-corrected chi connectivity index (χ0v) is 26.0. The summed E-state index contributed by atoms with van der Waals surface area (Å²) in [5.74, 6) is -3.58. The smallest absolute Gasteiger partial charge is 0.310 e. The average Bonchev–Trinajstić information content (AvgIpc) is 3.77. The van der Waals surface area contributed by atoms with Crippen molar-refractivity contribution < 1.29 is 33.9 Å². The fraction of sp³-hybridized carbons (Fsp3) is 0.297. The number of nitrogens with zero attached hydrogens (tertiary/aromatic N) is 1. The van der Waals surface area contributed by atoms with Crippen LogP contribution in [-0.4, -0.2) is 51.7 Å². The number of aromatic hydroxyl groups is 1. The number of fused-ring (bicyclic) bond motifs is 2. The van der Waals surface area contributed by atoms with Crippen molar-refractivity contribution in [3.05, 3.63) is 117 Å². The van der Waals surface area contributed by atoms with Gasteiger partial charge >= 0.3 is 5.69 Å². The zero-order chi connectivity index (χ0) is 33.9.